The third-order valence-electron chi connectivity index (χ3n) is 9.20. The van der Waals surface area contributed by atoms with E-state index in [4.69, 9.17) is 19.9 Å². The Bertz CT molecular complexity index is 1340. The zero-order chi connectivity index (χ0) is 34.8. The molecule has 1 unspecified atom stereocenters. The molecule has 0 bridgehead atoms. The van der Waals surface area contributed by atoms with Crippen LogP contribution in [0.5, 0.6) is 0 Å². The molecule has 3 aliphatic rings. The normalized spacial score (nSPS) is 22.6. The van der Waals surface area contributed by atoms with E-state index >= 15 is 0 Å². The second-order valence-electron chi connectivity index (χ2n) is 14.2. The third kappa shape index (κ3) is 10.8. The number of amides is 4. The van der Waals surface area contributed by atoms with Crippen LogP contribution in [0, 0.1) is 17.8 Å². The number of benzene rings is 1. The van der Waals surface area contributed by atoms with Crippen molar-refractivity contribution >= 4 is 36.2 Å². The molecule has 2 N–H and O–H groups in total. The van der Waals surface area contributed by atoms with Crippen LogP contribution in [0.4, 0.5) is 9.59 Å². The Morgan fingerprint density at radius 3 is 2.44 bits per heavy atom. The van der Waals surface area contributed by atoms with E-state index in [9.17, 15) is 24.0 Å². The van der Waals surface area contributed by atoms with E-state index in [0.29, 0.717) is 38.5 Å². The maximum Gasteiger partial charge on any atom is 0.433 e. The van der Waals surface area contributed by atoms with Crippen LogP contribution < -0.4 is 5.73 Å². The maximum absolute atomic E-state index is 13.9. The Hall–Kier alpha value is -3.96. The van der Waals surface area contributed by atoms with Crippen LogP contribution in [-0.2, 0) is 41.6 Å². The van der Waals surface area contributed by atoms with E-state index in [1.807, 2.05) is 25.1 Å². The highest BCUT2D eigenvalue weighted by Gasteiger charge is 2.44. The zero-order valence-electron chi connectivity index (χ0n) is 28.9. The number of hydrogen-bond acceptors (Lipinski definition) is 8. The first kappa shape index (κ1) is 36.9. The second kappa shape index (κ2) is 16.9. The lowest BCUT2D eigenvalue weighted by Gasteiger charge is -2.29. The lowest BCUT2D eigenvalue weighted by molar-refractivity contribution is -0.145. The molecule has 2 aliphatic heterocycles. The molecule has 0 spiro atoms. The van der Waals surface area contributed by atoms with Crippen molar-refractivity contribution in [1.29, 1.82) is 0 Å². The highest BCUT2D eigenvalue weighted by Crippen LogP contribution is 2.43. The van der Waals surface area contributed by atoms with Gasteiger partial charge in [0, 0.05) is 25.7 Å². The summed E-state index contributed by atoms with van der Waals surface area (Å²) in [5.74, 6) is -1.47. The molecular weight excluding hydrogens is 616 g/mol. The van der Waals surface area contributed by atoms with Crippen molar-refractivity contribution in [2.24, 2.45) is 28.5 Å². The number of fused-ring (bicyclic) bond motifs is 1. The molecule has 48 heavy (non-hydrogen) atoms. The maximum atomic E-state index is 13.9. The van der Waals surface area contributed by atoms with Gasteiger partial charge in [-0.1, -0.05) is 56.4 Å². The molecular formula is C36H52N4O8. The van der Waals surface area contributed by atoms with E-state index in [0.717, 1.165) is 50.5 Å². The SMILES string of the molecule is CCOC(=O)[C@H]1C[C@H]1CCCCCCCC(/C=N/C(=O)OC(C)(C)C)C(=O)N1C[C@H](OC(=O)N2CCc3ccccc3C2)C[C@H]1C(N)=O. The van der Waals surface area contributed by atoms with Crippen molar-refractivity contribution in [3.8, 4) is 0 Å². The van der Waals surface area contributed by atoms with E-state index in [1.165, 1.54) is 16.7 Å². The number of likely N-dealkylation sites (tertiary alicyclic amines) is 1. The van der Waals surface area contributed by atoms with Crippen molar-refractivity contribution in [3.63, 3.8) is 0 Å². The minimum atomic E-state index is -0.948. The fourth-order valence-electron chi connectivity index (χ4n) is 6.58. The molecule has 2 heterocycles. The fraction of sp³-hybridized carbons (Fsp3) is 0.667. The minimum absolute atomic E-state index is 0.0212. The highest BCUT2D eigenvalue weighted by atomic mass is 16.6. The van der Waals surface area contributed by atoms with Gasteiger partial charge in [0.15, 0.2) is 0 Å². The largest absolute Gasteiger partial charge is 0.466 e. The summed E-state index contributed by atoms with van der Waals surface area (Å²) >= 11 is 0. The molecule has 0 aromatic heterocycles. The summed E-state index contributed by atoms with van der Waals surface area (Å²) < 4.78 is 16.2. The first-order valence-electron chi connectivity index (χ1n) is 17.4. The van der Waals surface area contributed by atoms with Crippen LogP contribution in [0.15, 0.2) is 29.3 Å². The summed E-state index contributed by atoms with van der Waals surface area (Å²) in [6, 6.07) is 7.01. The molecule has 12 heteroatoms. The summed E-state index contributed by atoms with van der Waals surface area (Å²) in [5, 5.41) is 0. The topological polar surface area (TPSA) is 158 Å². The Labute approximate surface area is 283 Å². The van der Waals surface area contributed by atoms with Crippen molar-refractivity contribution in [2.45, 2.75) is 116 Å². The number of aliphatic imine (C=N–C) groups is 1. The lowest BCUT2D eigenvalue weighted by atomic mass is 9.99. The van der Waals surface area contributed by atoms with E-state index in [-0.39, 0.29) is 24.9 Å². The lowest BCUT2D eigenvalue weighted by Crippen LogP contribution is -2.46. The fourth-order valence-corrected chi connectivity index (χ4v) is 6.58. The molecule has 1 aromatic rings. The third-order valence-corrected chi connectivity index (χ3v) is 9.20. The van der Waals surface area contributed by atoms with Gasteiger partial charge in [-0.05, 0) is 70.4 Å². The number of ether oxygens (including phenoxy) is 3. The number of esters is 1. The molecule has 0 radical (unpaired) electrons. The van der Waals surface area contributed by atoms with Gasteiger partial charge in [0.2, 0.25) is 11.8 Å². The number of rotatable bonds is 14. The van der Waals surface area contributed by atoms with Gasteiger partial charge in [-0.25, -0.2) is 9.59 Å². The van der Waals surface area contributed by atoms with Crippen LogP contribution in [-0.4, -0.2) is 83.4 Å². The van der Waals surface area contributed by atoms with Gasteiger partial charge in [-0.15, -0.1) is 0 Å². The Kier molecular flexibility index (Phi) is 13.0. The number of hydrogen-bond donors (Lipinski definition) is 1. The number of nitrogens with two attached hydrogens (primary N) is 1. The van der Waals surface area contributed by atoms with Gasteiger partial charge in [0.25, 0.3) is 0 Å². The molecule has 1 aromatic carbocycles. The Balaban J connectivity index is 1.31. The van der Waals surface area contributed by atoms with Crippen LogP contribution in [0.3, 0.4) is 0 Å². The van der Waals surface area contributed by atoms with Gasteiger partial charge in [-0.2, -0.15) is 4.99 Å². The molecule has 4 rings (SSSR count). The number of unbranched alkanes of at least 4 members (excludes halogenated alkanes) is 4. The highest BCUT2D eigenvalue weighted by molar-refractivity contribution is 5.98. The molecule has 4 amide bonds. The first-order valence-corrected chi connectivity index (χ1v) is 17.4. The zero-order valence-corrected chi connectivity index (χ0v) is 28.9. The predicted octanol–water partition coefficient (Wildman–Crippen LogP) is 5.19. The minimum Gasteiger partial charge on any atom is -0.466 e. The first-order chi connectivity index (χ1) is 22.9. The number of carbonyl (C=O) groups is 5. The predicted molar refractivity (Wildman–Crippen MR) is 179 cm³/mol. The van der Waals surface area contributed by atoms with Crippen LogP contribution >= 0.6 is 0 Å². The molecule has 2 fully saturated rings. The van der Waals surface area contributed by atoms with Crippen molar-refractivity contribution < 1.29 is 38.2 Å². The second-order valence-corrected chi connectivity index (χ2v) is 14.2. The number of carbonyl (C=O) groups excluding carboxylic acids is 5. The number of primary amides is 1. The standard InChI is InChI=1S/C36H52N4O8/c1-5-46-33(43)29-19-25(29)14-9-7-6-8-10-15-26(21-38-34(44)48-36(2,3)4)32(42)40-23-28(20-30(40)31(37)41)47-35(45)39-18-17-24-13-11-12-16-27(24)22-39/h11-13,16,21,25-26,28-30H,5-10,14-15,17-20,22-23H2,1-4H3,(H2,37,41)/b38-21+/t25-,26?,28-,29+,30+/m1/s1. The number of nitrogens with zero attached hydrogens (tertiary/aromatic N) is 3. The summed E-state index contributed by atoms with van der Waals surface area (Å²) in [7, 11) is 0. The quantitative estimate of drug-likeness (QED) is 0.123. The molecule has 1 saturated carbocycles. The molecule has 5 atom stereocenters. The molecule has 1 saturated heterocycles. The van der Waals surface area contributed by atoms with Gasteiger partial charge in [0.1, 0.15) is 17.7 Å². The van der Waals surface area contributed by atoms with Crippen LogP contribution in [0.2, 0.25) is 0 Å². The van der Waals surface area contributed by atoms with Crippen molar-refractivity contribution in [1.82, 2.24) is 9.80 Å². The van der Waals surface area contributed by atoms with E-state index < -0.39 is 47.7 Å². The van der Waals surface area contributed by atoms with Gasteiger partial charge >= 0.3 is 18.2 Å². The van der Waals surface area contributed by atoms with E-state index in [1.54, 1.807) is 25.7 Å². The summed E-state index contributed by atoms with van der Waals surface area (Å²) in [4.78, 5) is 70.6. The van der Waals surface area contributed by atoms with Gasteiger partial charge in [0.05, 0.1) is 25.0 Å². The average Bonchev–Trinajstić information content (AvgIpc) is 3.69. The molecule has 1 aliphatic carbocycles. The van der Waals surface area contributed by atoms with Crippen LogP contribution in [0.25, 0.3) is 0 Å². The Morgan fingerprint density at radius 2 is 1.73 bits per heavy atom. The molecule has 264 valence electrons. The monoisotopic (exact) mass is 668 g/mol. The Morgan fingerprint density at radius 1 is 1.02 bits per heavy atom. The summed E-state index contributed by atoms with van der Waals surface area (Å²) in [6.45, 7) is 8.40. The van der Waals surface area contributed by atoms with Crippen molar-refractivity contribution in [3.05, 3.63) is 35.4 Å². The summed E-state index contributed by atoms with van der Waals surface area (Å²) in [6.07, 6.45) is 7.06. The summed E-state index contributed by atoms with van der Waals surface area (Å²) in [5.41, 5.74) is 7.25. The average molecular weight is 669 g/mol. The van der Waals surface area contributed by atoms with Gasteiger partial charge in [-0.3, -0.25) is 14.4 Å². The smallest absolute Gasteiger partial charge is 0.433 e. The molecule has 12 nitrogen and oxygen atoms in total. The van der Waals surface area contributed by atoms with Crippen LogP contribution in [0.1, 0.15) is 96.6 Å². The van der Waals surface area contributed by atoms with Crippen molar-refractivity contribution in [2.75, 3.05) is 19.7 Å². The van der Waals surface area contributed by atoms with Gasteiger partial charge < -0.3 is 29.7 Å². The van der Waals surface area contributed by atoms with E-state index in [2.05, 4.69) is 11.1 Å².